The van der Waals surface area contributed by atoms with Crippen LogP contribution in [0.3, 0.4) is 0 Å². The van der Waals surface area contributed by atoms with Crippen LogP contribution in [0.5, 0.6) is 17.4 Å². The summed E-state index contributed by atoms with van der Waals surface area (Å²) in [6.07, 6.45) is 1.67. The maximum atomic E-state index is 11.9. The molecule has 0 saturated carbocycles. The van der Waals surface area contributed by atoms with Gasteiger partial charge in [-0.3, -0.25) is 4.79 Å². The number of aryl methyl sites for hydroxylation is 1. The largest absolute Gasteiger partial charge is 0.484 e. The summed E-state index contributed by atoms with van der Waals surface area (Å²) in [5.41, 5.74) is 1.89. The van der Waals surface area contributed by atoms with E-state index in [1.54, 1.807) is 36.5 Å². The highest BCUT2D eigenvalue weighted by Crippen LogP contribution is 2.22. The van der Waals surface area contributed by atoms with Crippen molar-refractivity contribution in [3.8, 4) is 17.4 Å². The zero-order valence-electron chi connectivity index (χ0n) is 13.8. The van der Waals surface area contributed by atoms with E-state index in [9.17, 15) is 4.79 Å². The number of pyridine rings is 1. The minimum absolute atomic E-state index is 0.0612. The van der Waals surface area contributed by atoms with Crippen molar-refractivity contribution in [2.24, 2.45) is 0 Å². The van der Waals surface area contributed by atoms with Gasteiger partial charge in [-0.05, 0) is 49.4 Å². The number of carbonyl (C=O) groups is 1. The van der Waals surface area contributed by atoms with Crippen LogP contribution < -0.4 is 14.8 Å². The summed E-state index contributed by atoms with van der Waals surface area (Å²) in [6.45, 7) is 1.93. The van der Waals surface area contributed by atoms with Gasteiger partial charge in [0.1, 0.15) is 11.5 Å². The molecular formula is C20H18N2O3. The predicted molar refractivity (Wildman–Crippen MR) is 96.1 cm³/mol. The first kappa shape index (κ1) is 16.5. The van der Waals surface area contributed by atoms with Crippen LogP contribution in [-0.4, -0.2) is 17.5 Å². The van der Waals surface area contributed by atoms with Gasteiger partial charge in [0, 0.05) is 18.0 Å². The topological polar surface area (TPSA) is 60.5 Å². The summed E-state index contributed by atoms with van der Waals surface area (Å²) in [5.74, 6) is 1.55. The van der Waals surface area contributed by atoms with Gasteiger partial charge in [0.15, 0.2) is 6.61 Å². The minimum atomic E-state index is -0.210. The normalized spacial score (nSPS) is 10.1. The third kappa shape index (κ3) is 5.07. The zero-order valence-corrected chi connectivity index (χ0v) is 13.8. The molecule has 2 aromatic carbocycles. The number of hydrogen-bond acceptors (Lipinski definition) is 4. The Bertz CT molecular complexity index is 816. The number of amides is 1. The summed E-state index contributed by atoms with van der Waals surface area (Å²) in [5, 5.41) is 2.79. The number of benzene rings is 2. The van der Waals surface area contributed by atoms with E-state index in [2.05, 4.69) is 10.3 Å². The van der Waals surface area contributed by atoms with Crippen molar-refractivity contribution >= 4 is 11.6 Å². The van der Waals surface area contributed by atoms with Crippen LogP contribution in [0.1, 0.15) is 5.56 Å². The molecule has 1 heterocycles. The second-order valence-electron chi connectivity index (χ2n) is 5.44. The number of nitrogens with one attached hydrogen (secondary N) is 1. The molecule has 0 spiro atoms. The lowest BCUT2D eigenvalue weighted by Gasteiger charge is -2.09. The van der Waals surface area contributed by atoms with Crippen LogP contribution in [0.25, 0.3) is 0 Å². The van der Waals surface area contributed by atoms with Gasteiger partial charge in [0.05, 0.1) is 0 Å². The molecule has 0 aliphatic heterocycles. The Morgan fingerprint density at radius 2 is 1.68 bits per heavy atom. The number of aromatic nitrogens is 1. The molecule has 0 atom stereocenters. The first-order valence-electron chi connectivity index (χ1n) is 7.87. The van der Waals surface area contributed by atoms with Gasteiger partial charge in [-0.15, -0.1) is 0 Å². The van der Waals surface area contributed by atoms with Gasteiger partial charge in [-0.1, -0.05) is 23.8 Å². The molecule has 1 amide bonds. The molecule has 5 nitrogen and oxygen atoms in total. The average Bonchev–Trinajstić information content (AvgIpc) is 2.64. The summed E-state index contributed by atoms with van der Waals surface area (Å²) >= 11 is 0. The van der Waals surface area contributed by atoms with E-state index >= 15 is 0 Å². The van der Waals surface area contributed by atoms with Gasteiger partial charge >= 0.3 is 0 Å². The van der Waals surface area contributed by atoms with E-state index in [0.29, 0.717) is 17.4 Å². The van der Waals surface area contributed by atoms with E-state index in [1.165, 1.54) is 0 Å². The quantitative estimate of drug-likeness (QED) is 0.734. The molecule has 0 unspecified atom stereocenters. The summed E-state index contributed by atoms with van der Waals surface area (Å²) in [4.78, 5) is 16.0. The molecule has 25 heavy (non-hydrogen) atoms. The van der Waals surface area contributed by atoms with Gasteiger partial charge in [-0.25, -0.2) is 4.98 Å². The second-order valence-corrected chi connectivity index (χ2v) is 5.44. The Hall–Kier alpha value is -3.34. The van der Waals surface area contributed by atoms with Crippen molar-refractivity contribution in [3.63, 3.8) is 0 Å². The number of anilines is 1. The number of ether oxygens (including phenoxy) is 2. The van der Waals surface area contributed by atoms with Gasteiger partial charge in [-0.2, -0.15) is 0 Å². The molecule has 0 aliphatic rings. The Labute approximate surface area is 146 Å². The van der Waals surface area contributed by atoms with Crippen LogP contribution in [0.4, 0.5) is 5.69 Å². The molecule has 1 aromatic heterocycles. The zero-order chi connectivity index (χ0) is 17.5. The third-order valence-electron chi connectivity index (χ3n) is 3.39. The highest BCUT2D eigenvalue weighted by Gasteiger charge is 2.04. The molecule has 1 N–H and O–H groups in total. The summed E-state index contributed by atoms with van der Waals surface area (Å²) < 4.78 is 11.1. The number of carbonyl (C=O) groups excluding carboxylic acids is 1. The van der Waals surface area contributed by atoms with Crippen molar-refractivity contribution in [1.82, 2.24) is 4.98 Å². The van der Waals surface area contributed by atoms with Crippen LogP contribution in [0.2, 0.25) is 0 Å². The Kier molecular flexibility index (Phi) is 5.26. The molecule has 0 aliphatic carbocycles. The molecule has 0 radical (unpaired) electrons. The number of rotatable bonds is 6. The number of nitrogens with zero attached hydrogens (tertiary/aromatic N) is 1. The molecule has 3 aromatic rings. The molecule has 3 rings (SSSR count). The van der Waals surface area contributed by atoms with Crippen molar-refractivity contribution in [2.75, 3.05) is 11.9 Å². The first-order chi connectivity index (χ1) is 12.2. The smallest absolute Gasteiger partial charge is 0.262 e. The van der Waals surface area contributed by atoms with E-state index in [0.717, 1.165) is 11.3 Å². The van der Waals surface area contributed by atoms with Crippen molar-refractivity contribution < 1.29 is 14.3 Å². The van der Waals surface area contributed by atoms with Crippen LogP contribution >= 0.6 is 0 Å². The highest BCUT2D eigenvalue weighted by atomic mass is 16.5. The van der Waals surface area contributed by atoms with Gasteiger partial charge < -0.3 is 14.8 Å². The minimum Gasteiger partial charge on any atom is -0.484 e. The Balaban J connectivity index is 1.49. The van der Waals surface area contributed by atoms with Crippen molar-refractivity contribution in [2.45, 2.75) is 6.92 Å². The molecule has 0 fully saturated rings. The Morgan fingerprint density at radius 3 is 2.36 bits per heavy atom. The fourth-order valence-corrected chi connectivity index (χ4v) is 2.11. The molecule has 0 bridgehead atoms. The first-order valence-corrected chi connectivity index (χ1v) is 7.87. The molecule has 5 heteroatoms. The lowest BCUT2D eigenvalue weighted by molar-refractivity contribution is -0.118. The molecule has 0 saturated heterocycles. The fraction of sp³-hybridized carbons (Fsp3) is 0.100. The van der Waals surface area contributed by atoms with E-state index in [-0.39, 0.29) is 12.5 Å². The summed E-state index contributed by atoms with van der Waals surface area (Å²) in [7, 11) is 0. The SMILES string of the molecule is Cc1ccc(NC(=O)COc2ccc(Oc3ccccn3)cc2)cc1. The third-order valence-corrected chi connectivity index (χ3v) is 3.39. The van der Waals surface area contributed by atoms with Crippen LogP contribution in [0, 0.1) is 6.92 Å². The maximum absolute atomic E-state index is 11.9. The molecular weight excluding hydrogens is 316 g/mol. The van der Waals surface area contributed by atoms with Crippen LogP contribution in [0.15, 0.2) is 72.9 Å². The number of hydrogen-bond donors (Lipinski definition) is 1. The average molecular weight is 334 g/mol. The lowest BCUT2D eigenvalue weighted by Crippen LogP contribution is -2.20. The predicted octanol–water partition coefficient (Wildman–Crippen LogP) is 4.20. The standard InChI is InChI=1S/C20H18N2O3/c1-15-5-7-16(8-6-15)22-19(23)14-24-17-9-11-18(12-10-17)25-20-4-2-3-13-21-20/h2-13H,14H2,1H3,(H,22,23). The monoisotopic (exact) mass is 334 g/mol. The Morgan fingerprint density at radius 1 is 0.960 bits per heavy atom. The second kappa shape index (κ2) is 7.97. The fourth-order valence-electron chi connectivity index (χ4n) is 2.11. The van der Waals surface area contributed by atoms with E-state index in [1.807, 2.05) is 43.3 Å². The van der Waals surface area contributed by atoms with Crippen LogP contribution in [-0.2, 0) is 4.79 Å². The molecule has 126 valence electrons. The van der Waals surface area contributed by atoms with Gasteiger partial charge in [0.25, 0.3) is 5.91 Å². The lowest BCUT2D eigenvalue weighted by atomic mass is 10.2. The maximum Gasteiger partial charge on any atom is 0.262 e. The summed E-state index contributed by atoms with van der Waals surface area (Å²) in [6, 6.07) is 20.1. The van der Waals surface area contributed by atoms with E-state index < -0.39 is 0 Å². The van der Waals surface area contributed by atoms with Gasteiger partial charge in [0.2, 0.25) is 5.88 Å². The van der Waals surface area contributed by atoms with Crippen molar-refractivity contribution in [3.05, 3.63) is 78.5 Å². The highest BCUT2D eigenvalue weighted by molar-refractivity contribution is 5.91. The van der Waals surface area contributed by atoms with E-state index in [4.69, 9.17) is 9.47 Å². The van der Waals surface area contributed by atoms with Crippen molar-refractivity contribution in [1.29, 1.82) is 0 Å².